The second kappa shape index (κ2) is 10.0. The molecule has 0 saturated heterocycles. The molecule has 0 aromatic carbocycles. The molecular weight excluding hydrogens is 383 g/mol. The summed E-state index contributed by atoms with van der Waals surface area (Å²) in [4.78, 5) is 12.1. The van der Waals surface area contributed by atoms with Gasteiger partial charge in [0.15, 0.2) is 15.7 Å². The maximum atomic E-state index is 13.5. The Morgan fingerprint density at radius 2 is 1.32 bits per heavy atom. The van der Waals surface area contributed by atoms with Crippen molar-refractivity contribution in [1.82, 2.24) is 0 Å². The van der Waals surface area contributed by atoms with Crippen LogP contribution in [0.2, 0.25) is 63.5 Å². The topological polar surface area (TPSA) is 52.6 Å². The average molecular weight is 425 g/mol. The molecule has 150 valence electrons. The van der Waals surface area contributed by atoms with Crippen LogP contribution in [-0.4, -0.2) is 43.0 Å². The van der Waals surface area contributed by atoms with Gasteiger partial charge in [0.05, 0.1) is 14.5 Å². The molecule has 0 amide bonds. The molecule has 4 nitrogen and oxygen atoms in total. The van der Waals surface area contributed by atoms with Gasteiger partial charge < -0.3 is 8.64 Å². The van der Waals surface area contributed by atoms with Gasteiger partial charge in [0.1, 0.15) is 0 Å². The third kappa shape index (κ3) is 10.9. The number of rotatable bonds is 12. The summed E-state index contributed by atoms with van der Waals surface area (Å²) in [5, 5.41) is 0. The second-order valence-electron chi connectivity index (χ2n) is 9.11. The van der Waals surface area contributed by atoms with Crippen LogP contribution < -0.4 is 0 Å². The van der Waals surface area contributed by atoms with E-state index in [2.05, 4.69) is 40.4 Å². The molecule has 0 aromatic heterocycles. The van der Waals surface area contributed by atoms with Crippen LogP contribution in [0.4, 0.5) is 0 Å². The minimum Gasteiger partial charge on any atom is -0.520 e. The van der Waals surface area contributed by atoms with E-state index in [0.717, 1.165) is 6.04 Å². The largest absolute Gasteiger partial charge is 0.520 e. The lowest BCUT2D eigenvalue weighted by Crippen LogP contribution is -2.34. The van der Waals surface area contributed by atoms with Gasteiger partial charge in [0, 0.05) is 12.3 Å². The van der Waals surface area contributed by atoms with Gasteiger partial charge in [-0.15, -0.1) is 0 Å². The van der Waals surface area contributed by atoms with Gasteiger partial charge in [-0.3, -0.25) is 9.36 Å². The van der Waals surface area contributed by atoms with Gasteiger partial charge >= 0.3 is 0 Å². The Kier molecular flexibility index (Phi) is 10.1. The van der Waals surface area contributed by atoms with Crippen LogP contribution in [0.3, 0.4) is 0 Å². The number of carbonyl (C=O) groups excluding carboxylic acids is 1. The third-order valence-electron chi connectivity index (χ3n) is 4.75. The molecule has 0 bridgehead atoms. The molecule has 0 rings (SSSR count). The van der Waals surface area contributed by atoms with Crippen LogP contribution in [0.15, 0.2) is 0 Å². The zero-order valence-corrected chi connectivity index (χ0v) is 21.9. The van der Waals surface area contributed by atoms with E-state index < -0.39 is 32.1 Å². The summed E-state index contributed by atoms with van der Waals surface area (Å²) < 4.78 is 25.2. The Bertz CT molecular complexity index is 457. The molecule has 0 saturated carbocycles. The van der Waals surface area contributed by atoms with Gasteiger partial charge in [0.2, 0.25) is 8.32 Å². The van der Waals surface area contributed by atoms with Crippen molar-refractivity contribution in [3.63, 3.8) is 0 Å². The van der Waals surface area contributed by atoms with Crippen LogP contribution in [0.5, 0.6) is 0 Å². The van der Waals surface area contributed by atoms with E-state index in [1.807, 2.05) is 19.6 Å². The van der Waals surface area contributed by atoms with Gasteiger partial charge in [-0.1, -0.05) is 38.9 Å². The van der Waals surface area contributed by atoms with Crippen molar-refractivity contribution in [2.75, 3.05) is 12.3 Å². The predicted octanol–water partition coefficient (Wildman–Crippen LogP) is 6.39. The molecule has 0 fully saturated rings. The minimum absolute atomic E-state index is 0.213. The standard InChI is InChI=1S/C17H41O4PSi3/c1-10-25(11-2,12-3)16-15-22(19,21-24(7,8)9)14-13-17(18)20-23(4,5)6/h10-16H2,1-9H3. The highest BCUT2D eigenvalue weighted by molar-refractivity contribution is 7.60. The lowest BCUT2D eigenvalue weighted by atomic mass is 10.5. The van der Waals surface area contributed by atoms with Crippen molar-refractivity contribution >= 4 is 38.0 Å². The first kappa shape index (κ1) is 25.3. The summed E-state index contributed by atoms with van der Waals surface area (Å²) >= 11 is 0. The maximum absolute atomic E-state index is 13.5. The summed E-state index contributed by atoms with van der Waals surface area (Å²) in [6.45, 7) is 19.0. The van der Waals surface area contributed by atoms with E-state index in [4.69, 9.17) is 8.64 Å². The van der Waals surface area contributed by atoms with Crippen LogP contribution >= 0.6 is 7.37 Å². The lowest BCUT2D eigenvalue weighted by Gasteiger charge is -2.32. The monoisotopic (exact) mass is 424 g/mol. The molecule has 1 atom stereocenters. The smallest absolute Gasteiger partial charge is 0.293 e. The van der Waals surface area contributed by atoms with Crippen molar-refractivity contribution in [3.05, 3.63) is 0 Å². The molecule has 0 radical (unpaired) electrons. The second-order valence-corrected chi connectivity index (χ2v) is 26.6. The van der Waals surface area contributed by atoms with Crippen LogP contribution in [0.1, 0.15) is 27.2 Å². The van der Waals surface area contributed by atoms with Crippen molar-refractivity contribution in [1.29, 1.82) is 0 Å². The quantitative estimate of drug-likeness (QED) is 0.269. The van der Waals surface area contributed by atoms with E-state index in [1.165, 1.54) is 18.1 Å². The summed E-state index contributed by atoms with van der Waals surface area (Å²) in [6, 6.07) is 4.72. The molecule has 8 heteroatoms. The zero-order valence-electron chi connectivity index (χ0n) is 18.0. The fraction of sp³-hybridized carbons (Fsp3) is 0.941. The summed E-state index contributed by atoms with van der Waals surface area (Å²) in [5.41, 5.74) is 0. The molecule has 0 aliphatic rings. The van der Waals surface area contributed by atoms with E-state index in [0.29, 0.717) is 12.3 Å². The molecule has 0 aliphatic heterocycles. The van der Waals surface area contributed by atoms with Crippen molar-refractivity contribution in [3.8, 4) is 0 Å². The van der Waals surface area contributed by atoms with Gasteiger partial charge in [0.25, 0.3) is 5.97 Å². The Morgan fingerprint density at radius 1 is 0.840 bits per heavy atom. The highest BCUT2D eigenvalue weighted by Gasteiger charge is 2.35. The average Bonchev–Trinajstić information content (AvgIpc) is 2.44. The van der Waals surface area contributed by atoms with E-state index >= 15 is 0 Å². The Labute approximate surface area is 159 Å². The van der Waals surface area contributed by atoms with Crippen molar-refractivity contribution < 1.29 is 18.0 Å². The maximum Gasteiger partial charge on any atom is 0.293 e. The minimum atomic E-state index is -2.79. The molecule has 0 spiro atoms. The summed E-state index contributed by atoms with van der Waals surface area (Å²) in [5.74, 6) is -0.219. The van der Waals surface area contributed by atoms with E-state index in [-0.39, 0.29) is 12.4 Å². The number of hydrogen-bond donors (Lipinski definition) is 0. The van der Waals surface area contributed by atoms with Crippen LogP contribution in [-0.2, 0) is 18.0 Å². The predicted molar refractivity (Wildman–Crippen MR) is 118 cm³/mol. The SMILES string of the molecule is CC[Si](CC)(CC)CCP(=O)(CCC(=O)O[Si](C)(C)C)O[Si](C)(C)C. The Balaban J connectivity index is 5.07. The van der Waals surface area contributed by atoms with E-state index in [1.54, 1.807) is 0 Å². The van der Waals surface area contributed by atoms with E-state index in [9.17, 15) is 9.36 Å². The lowest BCUT2D eigenvalue weighted by molar-refractivity contribution is -0.134. The molecule has 0 N–H and O–H groups in total. The summed E-state index contributed by atoms with van der Waals surface area (Å²) in [6.07, 6.45) is 1.19. The fourth-order valence-corrected chi connectivity index (χ4v) is 15.1. The van der Waals surface area contributed by atoms with Gasteiger partial charge in [-0.2, -0.15) is 0 Å². The van der Waals surface area contributed by atoms with Crippen molar-refractivity contribution in [2.45, 2.75) is 90.7 Å². The third-order valence-corrected chi connectivity index (χ3v) is 17.2. The Morgan fingerprint density at radius 3 is 1.68 bits per heavy atom. The number of carbonyl (C=O) groups is 1. The molecule has 0 aromatic rings. The number of hydrogen-bond acceptors (Lipinski definition) is 4. The van der Waals surface area contributed by atoms with Gasteiger partial charge in [-0.25, -0.2) is 0 Å². The normalized spacial score (nSPS) is 15.7. The highest BCUT2D eigenvalue weighted by atomic mass is 31.2. The molecule has 0 heterocycles. The van der Waals surface area contributed by atoms with Crippen LogP contribution in [0.25, 0.3) is 0 Å². The Hall–Kier alpha value is 0.311. The highest BCUT2D eigenvalue weighted by Crippen LogP contribution is 2.52. The van der Waals surface area contributed by atoms with Gasteiger partial charge in [-0.05, 0) is 45.3 Å². The molecule has 25 heavy (non-hydrogen) atoms. The van der Waals surface area contributed by atoms with Crippen LogP contribution in [0, 0.1) is 0 Å². The first-order chi connectivity index (χ1) is 11.2. The molecular formula is C17H41O4PSi3. The fourth-order valence-electron chi connectivity index (χ4n) is 3.04. The molecule has 1 unspecified atom stereocenters. The molecule has 0 aliphatic carbocycles. The zero-order chi connectivity index (χ0) is 19.9. The van der Waals surface area contributed by atoms with Crippen molar-refractivity contribution in [2.24, 2.45) is 0 Å². The summed E-state index contributed by atoms with van der Waals surface area (Å²) in [7, 11) is -7.95. The first-order valence-corrected chi connectivity index (χ1v) is 21.3. The first-order valence-electron chi connectivity index (χ1n) is 9.70.